The van der Waals surface area contributed by atoms with Gasteiger partial charge in [0.2, 0.25) is 11.8 Å². The zero-order valence-corrected chi connectivity index (χ0v) is 28.1. The van der Waals surface area contributed by atoms with Gasteiger partial charge in [0, 0.05) is 43.3 Å². The van der Waals surface area contributed by atoms with Crippen molar-refractivity contribution in [2.24, 2.45) is 5.92 Å². The number of methoxy groups -OCH3 is 1. The van der Waals surface area contributed by atoms with Crippen LogP contribution in [0.5, 0.6) is 5.75 Å². The number of amides is 1. The lowest BCUT2D eigenvalue weighted by Crippen LogP contribution is -2.22. The van der Waals surface area contributed by atoms with E-state index < -0.39 is 0 Å². The second kappa shape index (κ2) is 12.0. The van der Waals surface area contributed by atoms with Crippen LogP contribution in [-0.2, 0) is 17.6 Å². The van der Waals surface area contributed by atoms with Crippen LogP contribution in [-0.4, -0.2) is 57.8 Å². The molecule has 2 unspecified atom stereocenters. The van der Waals surface area contributed by atoms with Gasteiger partial charge in [0.15, 0.2) is 0 Å². The smallest absolute Gasteiger partial charge is 0.257 e. The zero-order valence-electron chi connectivity index (χ0n) is 27.3. The van der Waals surface area contributed by atoms with Crippen LogP contribution < -0.4 is 10.1 Å². The van der Waals surface area contributed by atoms with Gasteiger partial charge in [0.05, 0.1) is 46.4 Å². The van der Waals surface area contributed by atoms with E-state index in [9.17, 15) is 4.79 Å². The first-order valence-corrected chi connectivity index (χ1v) is 18.0. The van der Waals surface area contributed by atoms with Gasteiger partial charge in [-0.3, -0.25) is 9.78 Å². The number of aromatic nitrogens is 4. The molecular weight excluding hydrogens is 625 g/mol. The van der Waals surface area contributed by atoms with Gasteiger partial charge in [0.25, 0.3) is 5.91 Å². The fourth-order valence-corrected chi connectivity index (χ4v) is 9.46. The lowest BCUT2D eigenvalue weighted by Gasteiger charge is -2.22. The van der Waals surface area contributed by atoms with Crippen molar-refractivity contribution in [3.8, 4) is 27.6 Å². The molecule has 11 heteroatoms. The Morgan fingerprint density at radius 2 is 1.98 bits per heavy atom. The molecule has 48 heavy (non-hydrogen) atoms. The minimum atomic E-state index is 0.0132. The van der Waals surface area contributed by atoms with Crippen molar-refractivity contribution in [3.63, 3.8) is 0 Å². The Bertz CT molecular complexity index is 2050. The molecule has 9 rings (SSSR count). The summed E-state index contributed by atoms with van der Waals surface area (Å²) in [7, 11) is 1.73. The third-order valence-electron chi connectivity index (χ3n) is 10.7. The van der Waals surface area contributed by atoms with Crippen LogP contribution in [0.3, 0.4) is 0 Å². The van der Waals surface area contributed by atoms with E-state index in [0.717, 1.165) is 120 Å². The molecule has 1 aliphatic carbocycles. The molecule has 3 aliphatic heterocycles. The predicted molar refractivity (Wildman–Crippen MR) is 183 cm³/mol. The molecule has 7 heterocycles. The first-order chi connectivity index (χ1) is 23.6. The van der Waals surface area contributed by atoms with Crippen LogP contribution >= 0.6 is 11.3 Å². The SMILES string of the molecule is COc1cccc2c1CCC2Nc1nccc2cc(-c3c4c(nc(CCC5CCOCC5)c3-c3nnc(C)o3)C3CCCN3C4=O)sc12. The van der Waals surface area contributed by atoms with E-state index in [2.05, 4.69) is 39.8 Å². The van der Waals surface area contributed by atoms with Gasteiger partial charge in [0.1, 0.15) is 11.6 Å². The molecule has 1 aromatic carbocycles. The van der Waals surface area contributed by atoms with Crippen molar-refractivity contribution < 1.29 is 18.7 Å². The van der Waals surface area contributed by atoms with Gasteiger partial charge in [-0.15, -0.1) is 21.5 Å². The summed E-state index contributed by atoms with van der Waals surface area (Å²) >= 11 is 1.66. The second-order valence-corrected chi connectivity index (χ2v) is 14.5. The number of benzene rings is 1. The maximum absolute atomic E-state index is 14.2. The summed E-state index contributed by atoms with van der Waals surface area (Å²) in [5, 5.41) is 13.6. The molecule has 2 atom stereocenters. The predicted octanol–water partition coefficient (Wildman–Crippen LogP) is 7.47. The van der Waals surface area contributed by atoms with E-state index in [-0.39, 0.29) is 18.0 Å². The Morgan fingerprint density at radius 1 is 1.08 bits per heavy atom. The molecule has 1 amide bonds. The van der Waals surface area contributed by atoms with E-state index in [1.807, 2.05) is 17.2 Å². The number of aryl methyl sites for hydroxylation is 2. The van der Waals surface area contributed by atoms with Crippen LogP contribution in [0.2, 0.25) is 0 Å². The molecular formula is C37H38N6O4S. The van der Waals surface area contributed by atoms with Crippen LogP contribution in [0, 0.1) is 12.8 Å². The molecule has 4 aromatic heterocycles. The number of carbonyl (C=O) groups excluding carboxylic acids is 1. The first-order valence-electron chi connectivity index (χ1n) is 17.1. The molecule has 0 saturated carbocycles. The minimum Gasteiger partial charge on any atom is -0.496 e. The molecule has 2 saturated heterocycles. The molecule has 0 spiro atoms. The summed E-state index contributed by atoms with van der Waals surface area (Å²) in [6.07, 6.45) is 9.58. The van der Waals surface area contributed by atoms with E-state index in [1.165, 1.54) is 11.1 Å². The van der Waals surface area contributed by atoms with Crippen molar-refractivity contribution >= 4 is 33.1 Å². The highest BCUT2D eigenvalue weighted by molar-refractivity contribution is 7.23. The third-order valence-corrected chi connectivity index (χ3v) is 11.8. The van der Waals surface area contributed by atoms with Crippen molar-refractivity contribution in [1.29, 1.82) is 0 Å². The number of fused-ring (bicyclic) bond motifs is 5. The van der Waals surface area contributed by atoms with E-state index in [1.54, 1.807) is 25.4 Å². The average Bonchev–Trinajstić information content (AvgIpc) is 3.95. The maximum Gasteiger partial charge on any atom is 0.257 e. The summed E-state index contributed by atoms with van der Waals surface area (Å²) in [5.74, 6) is 3.31. The van der Waals surface area contributed by atoms with E-state index in [4.69, 9.17) is 23.9 Å². The number of anilines is 1. The second-order valence-electron chi connectivity index (χ2n) is 13.4. The van der Waals surface area contributed by atoms with Gasteiger partial charge in [-0.05, 0) is 92.0 Å². The number of nitrogens with zero attached hydrogens (tertiary/aromatic N) is 5. The van der Waals surface area contributed by atoms with Crippen LogP contribution in [0.4, 0.5) is 5.82 Å². The Hall–Kier alpha value is -4.35. The number of hydrogen-bond donors (Lipinski definition) is 1. The highest BCUT2D eigenvalue weighted by Gasteiger charge is 2.45. The molecule has 5 aromatic rings. The Labute approximate surface area is 282 Å². The normalized spacial score (nSPS) is 20.4. The summed E-state index contributed by atoms with van der Waals surface area (Å²) in [5.41, 5.74) is 6.70. The monoisotopic (exact) mass is 662 g/mol. The molecule has 2 fully saturated rings. The number of hydrogen-bond acceptors (Lipinski definition) is 10. The van der Waals surface area contributed by atoms with Gasteiger partial charge in [-0.2, -0.15) is 0 Å². The molecule has 10 nitrogen and oxygen atoms in total. The maximum atomic E-state index is 14.2. The van der Waals surface area contributed by atoms with Crippen molar-refractivity contribution in [2.45, 2.75) is 70.4 Å². The minimum absolute atomic E-state index is 0.0132. The number of thiophene rings is 1. The molecule has 4 aliphatic rings. The van der Waals surface area contributed by atoms with Gasteiger partial charge < -0.3 is 24.1 Å². The Balaban J connectivity index is 1.19. The van der Waals surface area contributed by atoms with Gasteiger partial charge in [-0.25, -0.2) is 4.98 Å². The van der Waals surface area contributed by atoms with Crippen LogP contribution in [0.15, 0.2) is 40.9 Å². The Morgan fingerprint density at radius 3 is 2.81 bits per heavy atom. The average molecular weight is 663 g/mol. The van der Waals surface area contributed by atoms with Crippen molar-refractivity contribution in [1.82, 2.24) is 25.1 Å². The fraction of sp³-hybridized carbons (Fsp3) is 0.432. The lowest BCUT2D eigenvalue weighted by molar-refractivity contribution is 0.0639. The number of ether oxygens (including phenoxy) is 2. The standard InChI is InChI=1S/C37H38N6O4S/c1-20-41-42-36(47-20)30-26(10-8-21-13-17-46-18-14-21)39-33-27-6-4-16-43(27)37(44)32(33)31(30)29-19-22-12-15-38-35(34(22)48-29)40-25-11-9-24-23(25)5-3-7-28(24)45-2/h3,5,7,12,15,19,21,25,27H,4,6,8-11,13-14,16-18H2,1-2H3,(H,38,40). The summed E-state index contributed by atoms with van der Waals surface area (Å²) in [4.78, 5) is 27.4. The quantitative estimate of drug-likeness (QED) is 0.181. The number of carbonyl (C=O) groups is 1. The highest BCUT2D eigenvalue weighted by atomic mass is 32.1. The van der Waals surface area contributed by atoms with Crippen LogP contribution in [0.25, 0.3) is 32.0 Å². The third kappa shape index (κ3) is 4.89. The Kier molecular flexibility index (Phi) is 7.42. The number of pyridine rings is 2. The molecule has 246 valence electrons. The van der Waals surface area contributed by atoms with E-state index >= 15 is 0 Å². The summed E-state index contributed by atoms with van der Waals surface area (Å²) < 4.78 is 18.5. The van der Waals surface area contributed by atoms with Crippen molar-refractivity contribution in [3.05, 3.63) is 70.5 Å². The highest BCUT2D eigenvalue weighted by Crippen LogP contribution is 2.51. The summed E-state index contributed by atoms with van der Waals surface area (Å²) in [6.45, 7) is 4.17. The lowest BCUT2D eigenvalue weighted by atomic mass is 9.90. The van der Waals surface area contributed by atoms with E-state index in [0.29, 0.717) is 23.3 Å². The van der Waals surface area contributed by atoms with Crippen molar-refractivity contribution in [2.75, 3.05) is 32.2 Å². The first kappa shape index (κ1) is 29.8. The fourth-order valence-electron chi connectivity index (χ4n) is 8.30. The molecule has 0 bridgehead atoms. The molecule has 0 radical (unpaired) electrons. The number of nitrogens with one attached hydrogen (secondary N) is 1. The summed E-state index contributed by atoms with van der Waals surface area (Å²) in [6, 6.07) is 10.7. The largest absolute Gasteiger partial charge is 0.496 e. The van der Waals surface area contributed by atoms with Gasteiger partial charge >= 0.3 is 0 Å². The molecule has 1 N–H and O–H groups in total. The topological polar surface area (TPSA) is 116 Å². The van der Waals surface area contributed by atoms with Crippen LogP contribution in [0.1, 0.15) is 89.4 Å². The number of rotatable bonds is 8. The zero-order chi connectivity index (χ0) is 32.4. The van der Waals surface area contributed by atoms with Gasteiger partial charge in [-0.1, -0.05) is 12.1 Å².